The van der Waals surface area contributed by atoms with Crippen molar-refractivity contribution in [2.45, 2.75) is 46.6 Å². The molecule has 0 fully saturated rings. The number of nitrogens with zero attached hydrogens (tertiary/aromatic N) is 1. The van der Waals surface area contributed by atoms with Gasteiger partial charge in [-0.05, 0) is 45.2 Å². The van der Waals surface area contributed by atoms with E-state index in [4.69, 9.17) is 5.26 Å². The van der Waals surface area contributed by atoms with E-state index in [0.717, 1.165) is 23.2 Å². The molecule has 1 rings (SSSR count). The number of rotatable bonds is 4. The summed E-state index contributed by atoms with van der Waals surface area (Å²) < 4.78 is 0. The van der Waals surface area contributed by atoms with Crippen molar-refractivity contribution >= 4 is 11.6 Å². The zero-order valence-electron chi connectivity index (χ0n) is 13.4. The highest BCUT2D eigenvalue weighted by atomic mass is 16.1. The number of para-hydroxylation sites is 1. The zero-order valence-corrected chi connectivity index (χ0v) is 13.4. The van der Waals surface area contributed by atoms with Gasteiger partial charge in [-0.2, -0.15) is 5.26 Å². The highest BCUT2D eigenvalue weighted by molar-refractivity contribution is 5.98. The number of hydrogen-bond donors (Lipinski definition) is 2. The molecule has 0 heterocycles. The highest BCUT2D eigenvalue weighted by Gasteiger charge is 2.17. The van der Waals surface area contributed by atoms with Crippen molar-refractivity contribution in [3.63, 3.8) is 0 Å². The molecule has 0 aliphatic rings. The van der Waals surface area contributed by atoms with Gasteiger partial charge in [0, 0.05) is 17.4 Å². The van der Waals surface area contributed by atoms with Crippen molar-refractivity contribution in [3.8, 4) is 6.07 Å². The minimum Gasteiger partial charge on any atom is -0.360 e. The maximum atomic E-state index is 12.0. The standard InChI is InChI=1S/C17H23N3O/c1-6-13-9-7-8-12(2)15(13)19-11-14(10-18)16(21)20-17(3,4)5/h7-9,11,19H,6H2,1-5H3,(H,20,21)/b14-11-. The number of aryl methyl sites for hydroxylation is 2. The second-order valence-electron chi connectivity index (χ2n) is 5.98. The van der Waals surface area contributed by atoms with Gasteiger partial charge in [-0.25, -0.2) is 0 Å². The number of hydrogen-bond acceptors (Lipinski definition) is 3. The lowest BCUT2D eigenvalue weighted by Gasteiger charge is -2.20. The lowest BCUT2D eigenvalue weighted by molar-refractivity contribution is -0.118. The Morgan fingerprint density at radius 3 is 2.57 bits per heavy atom. The fourth-order valence-electron chi connectivity index (χ4n) is 1.93. The summed E-state index contributed by atoms with van der Waals surface area (Å²) >= 11 is 0. The number of nitrogens with one attached hydrogen (secondary N) is 2. The van der Waals surface area contributed by atoms with E-state index >= 15 is 0 Å². The number of carbonyl (C=O) groups is 1. The van der Waals surface area contributed by atoms with E-state index in [1.165, 1.54) is 6.20 Å². The molecule has 0 spiro atoms. The molecule has 21 heavy (non-hydrogen) atoms. The van der Waals surface area contributed by atoms with Gasteiger partial charge in [0.25, 0.3) is 5.91 Å². The van der Waals surface area contributed by atoms with E-state index in [2.05, 4.69) is 17.6 Å². The predicted molar refractivity (Wildman–Crippen MR) is 85.8 cm³/mol. The lowest BCUT2D eigenvalue weighted by Crippen LogP contribution is -2.41. The maximum absolute atomic E-state index is 12.0. The fourth-order valence-corrected chi connectivity index (χ4v) is 1.93. The molecule has 0 bridgehead atoms. The Morgan fingerprint density at radius 2 is 2.05 bits per heavy atom. The zero-order chi connectivity index (χ0) is 16.0. The SMILES string of the molecule is CCc1cccc(C)c1N/C=C(/C#N)C(=O)NC(C)(C)C. The van der Waals surface area contributed by atoms with E-state index in [0.29, 0.717) is 0 Å². The third kappa shape index (κ3) is 4.96. The van der Waals surface area contributed by atoms with Crippen LogP contribution in [0.15, 0.2) is 30.0 Å². The summed E-state index contributed by atoms with van der Waals surface area (Å²) in [7, 11) is 0. The first-order valence-corrected chi connectivity index (χ1v) is 7.06. The van der Waals surface area contributed by atoms with Gasteiger partial charge in [-0.3, -0.25) is 4.79 Å². The second-order valence-corrected chi connectivity index (χ2v) is 5.98. The normalized spacial score (nSPS) is 11.7. The molecule has 0 aliphatic heterocycles. The van der Waals surface area contributed by atoms with Gasteiger partial charge in [0.2, 0.25) is 0 Å². The third-order valence-electron chi connectivity index (χ3n) is 2.95. The monoisotopic (exact) mass is 285 g/mol. The van der Waals surface area contributed by atoms with Gasteiger partial charge in [0.1, 0.15) is 11.6 Å². The van der Waals surface area contributed by atoms with Gasteiger partial charge in [0.15, 0.2) is 0 Å². The van der Waals surface area contributed by atoms with E-state index in [1.54, 1.807) is 0 Å². The lowest BCUT2D eigenvalue weighted by atomic mass is 10.1. The van der Waals surface area contributed by atoms with Crippen LogP contribution in [0.25, 0.3) is 0 Å². The summed E-state index contributed by atoms with van der Waals surface area (Å²) in [6.45, 7) is 9.70. The molecule has 0 aromatic heterocycles. The van der Waals surface area contributed by atoms with Crippen molar-refractivity contribution in [2.24, 2.45) is 0 Å². The molecule has 2 N–H and O–H groups in total. The van der Waals surface area contributed by atoms with Crippen LogP contribution in [0.3, 0.4) is 0 Å². The molecule has 1 aromatic rings. The first-order chi connectivity index (χ1) is 9.78. The number of nitriles is 1. The van der Waals surface area contributed by atoms with Crippen LogP contribution in [0, 0.1) is 18.3 Å². The summed E-state index contributed by atoms with van der Waals surface area (Å²) in [5.74, 6) is -0.371. The topological polar surface area (TPSA) is 64.9 Å². The smallest absolute Gasteiger partial charge is 0.263 e. The van der Waals surface area contributed by atoms with Crippen molar-refractivity contribution in [2.75, 3.05) is 5.32 Å². The summed E-state index contributed by atoms with van der Waals surface area (Å²) in [6.07, 6.45) is 2.36. The summed E-state index contributed by atoms with van der Waals surface area (Å²) in [4.78, 5) is 12.0. The Labute approximate surface area is 126 Å². The van der Waals surface area contributed by atoms with Gasteiger partial charge in [-0.1, -0.05) is 25.1 Å². The summed E-state index contributed by atoms with van der Waals surface area (Å²) in [5.41, 5.74) is 2.88. The average molecular weight is 285 g/mol. The van der Waals surface area contributed by atoms with Crippen LogP contribution in [-0.2, 0) is 11.2 Å². The van der Waals surface area contributed by atoms with E-state index < -0.39 is 0 Å². The van der Waals surface area contributed by atoms with Crippen LogP contribution in [0.1, 0.15) is 38.8 Å². The van der Waals surface area contributed by atoms with Crippen LogP contribution < -0.4 is 10.6 Å². The van der Waals surface area contributed by atoms with Crippen LogP contribution in [0.5, 0.6) is 0 Å². The Hall–Kier alpha value is -2.28. The van der Waals surface area contributed by atoms with Crippen LogP contribution in [-0.4, -0.2) is 11.4 Å². The molecular weight excluding hydrogens is 262 g/mol. The summed E-state index contributed by atoms with van der Waals surface area (Å²) in [5, 5.41) is 15.0. The molecule has 0 unspecified atom stereocenters. The van der Waals surface area contributed by atoms with Crippen LogP contribution in [0.4, 0.5) is 5.69 Å². The molecule has 0 radical (unpaired) electrons. The van der Waals surface area contributed by atoms with Crippen LogP contribution >= 0.6 is 0 Å². The maximum Gasteiger partial charge on any atom is 0.263 e. The van der Waals surface area contributed by atoms with E-state index in [-0.39, 0.29) is 17.0 Å². The molecule has 0 aliphatic carbocycles. The molecule has 112 valence electrons. The van der Waals surface area contributed by atoms with Crippen LogP contribution in [0.2, 0.25) is 0 Å². The quantitative estimate of drug-likeness (QED) is 0.659. The first-order valence-electron chi connectivity index (χ1n) is 7.06. The first kappa shape index (κ1) is 16.8. The van der Waals surface area contributed by atoms with Gasteiger partial charge in [0.05, 0.1) is 0 Å². The van der Waals surface area contributed by atoms with Crippen molar-refractivity contribution < 1.29 is 4.79 Å². The molecule has 1 amide bonds. The molecular formula is C17H23N3O. The Morgan fingerprint density at radius 1 is 1.38 bits per heavy atom. The third-order valence-corrected chi connectivity index (χ3v) is 2.95. The number of amides is 1. The minimum absolute atomic E-state index is 0.0650. The minimum atomic E-state index is -0.371. The fraction of sp³-hybridized carbons (Fsp3) is 0.412. The van der Waals surface area contributed by atoms with E-state index in [1.807, 2.05) is 52.0 Å². The molecule has 4 heteroatoms. The van der Waals surface area contributed by atoms with Crippen molar-refractivity contribution in [1.29, 1.82) is 5.26 Å². The second kappa shape index (κ2) is 6.94. The Balaban J connectivity index is 2.97. The number of carbonyl (C=O) groups excluding carboxylic acids is 1. The molecule has 0 atom stereocenters. The highest BCUT2D eigenvalue weighted by Crippen LogP contribution is 2.21. The van der Waals surface area contributed by atoms with Gasteiger partial charge >= 0.3 is 0 Å². The van der Waals surface area contributed by atoms with Gasteiger partial charge < -0.3 is 10.6 Å². The molecule has 4 nitrogen and oxygen atoms in total. The largest absolute Gasteiger partial charge is 0.360 e. The average Bonchev–Trinajstić information content (AvgIpc) is 2.38. The molecule has 1 aromatic carbocycles. The Bertz CT molecular complexity index is 589. The Kier molecular flexibility index (Phi) is 5.54. The van der Waals surface area contributed by atoms with E-state index in [9.17, 15) is 4.79 Å². The number of anilines is 1. The number of benzene rings is 1. The van der Waals surface area contributed by atoms with Crippen molar-refractivity contribution in [1.82, 2.24) is 5.32 Å². The summed E-state index contributed by atoms with van der Waals surface area (Å²) in [6, 6.07) is 7.97. The van der Waals surface area contributed by atoms with Gasteiger partial charge in [-0.15, -0.1) is 0 Å². The molecule has 0 saturated heterocycles. The molecule has 0 saturated carbocycles. The van der Waals surface area contributed by atoms with Crippen molar-refractivity contribution in [3.05, 3.63) is 41.1 Å². The predicted octanol–water partition coefficient (Wildman–Crippen LogP) is 3.29.